The number of nitriles is 1. The smallest absolute Gasteiger partial charge is 0.336 e. The molecule has 2 atom stereocenters. The maximum Gasteiger partial charge on any atom is 0.336 e. The molecule has 0 saturated heterocycles. The zero-order chi connectivity index (χ0) is 19.5. The van der Waals surface area contributed by atoms with Crippen LogP contribution in [0, 0.1) is 29.6 Å². The summed E-state index contributed by atoms with van der Waals surface area (Å²) in [4.78, 5) is 17.1. The fourth-order valence-corrected chi connectivity index (χ4v) is 3.14. The van der Waals surface area contributed by atoms with E-state index in [1.165, 1.54) is 0 Å². The summed E-state index contributed by atoms with van der Waals surface area (Å²) in [7, 11) is 0. The lowest BCUT2D eigenvalue weighted by Gasteiger charge is -2.31. The fourth-order valence-electron chi connectivity index (χ4n) is 3.14. The number of benzene rings is 1. The Morgan fingerprint density at radius 1 is 1.27 bits per heavy atom. The molecular weight excluding hydrogens is 324 g/mol. The van der Waals surface area contributed by atoms with Gasteiger partial charge in [0.1, 0.15) is 0 Å². The van der Waals surface area contributed by atoms with E-state index >= 15 is 0 Å². The summed E-state index contributed by atoms with van der Waals surface area (Å²) in [6.45, 7) is 12.0. The molecular formula is C22H28N2O2. The summed E-state index contributed by atoms with van der Waals surface area (Å²) >= 11 is 0. The average Bonchev–Trinajstić information content (AvgIpc) is 2.53. The number of hydrogen-bond donors (Lipinski definition) is 0. The number of aryl methyl sites for hydroxylation is 1. The van der Waals surface area contributed by atoms with Gasteiger partial charge in [-0.2, -0.15) is 5.26 Å². The Kier molecular flexibility index (Phi) is 6.02. The van der Waals surface area contributed by atoms with Gasteiger partial charge in [0.25, 0.3) is 0 Å². The highest BCUT2D eigenvalue weighted by Crippen LogP contribution is 2.39. The molecule has 2 rings (SSSR count). The first-order valence-corrected chi connectivity index (χ1v) is 9.06. The SMILES string of the molecule is Cc1ccc(C2C(C(=O)OC(C)C)=CN=C(CC(C)(C)C)C2C#N)cc1. The van der Waals surface area contributed by atoms with Gasteiger partial charge in [-0.05, 0) is 38.2 Å². The summed E-state index contributed by atoms with van der Waals surface area (Å²) < 4.78 is 5.41. The Hall–Kier alpha value is -2.41. The highest BCUT2D eigenvalue weighted by molar-refractivity contribution is 5.98. The lowest BCUT2D eigenvalue weighted by atomic mass is 9.73. The van der Waals surface area contributed by atoms with Crippen molar-refractivity contribution in [2.24, 2.45) is 16.3 Å². The van der Waals surface area contributed by atoms with Crippen LogP contribution in [0.4, 0.5) is 0 Å². The molecule has 1 aromatic rings. The van der Waals surface area contributed by atoms with Crippen LogP contribution >= 0.6 is 0 Å². The highest BCUT2D eigenvalue weighted by Gasteiger charge is 2.38. The van der Waals surface area contributed by atoms with Crippen molar-refractivity contribution in [3.63, 3.8) is 0 Å². The van der Waals surface area contributed by atoms with Gasteiger partial charge in [0.2, 0.25) is 0 Å². The number of ether oxygens (including phenoxy) is 1. The number of carbonyl (C=O) groups excluding carboxylic acids is 1. The van der Waals surface area contributed by atoms with Crippen LogP contribution in [0.25, 0.3) is 0 Å². The molecule has 26 heavy (non-hydrogen) atoms. The van der Waals surface area contributed by atoms with Crippen molar-refractivity contribution in [2.75, 3.05) is 0 Å². The second-order valence-corrected chi connectivity index (χ2v) is 8.39. The second kappa shape index (κ2) is 7.86. The summed E-state index contributed by atoms with van der Waals surface area (Å²) in [5.41, 5.74) is 3.36. The quantitative estimate of drug-likeness (QED) is 0.721. The first-order valence-electron chi connectivity index (χ1n) is 9.06. The minimum atomic E-state index is -0.475. The Morgan fingerprint density at radius 2 is 1.88 bits per heavy atom. The molecule has 4 heteroatoms. The van der Waals surface area contributed by atoms with E-state index in [2.05, 4.69) is 31.8 Å². The van der Waals surface area contributed by atoms with E-state index in [0.717, 1.165) is 16.8 Å². The molecule has 0 radical (unpaired) electrons. The maximum absolute atomic E-state index is 12.6. The first-order chi connectivity index (χ1) is 12.1. The summed E-state index contributed by atoms with van der Waals surface area (Å²) in [6.07, 6.45) is 2.09. The van der Waals surface area contributed by atoms with Gasteiger partial charge in [-0.15, -0.1) is 0 Å². The van der Waals surface area contributed by atoms with Crippen LogP contribution in [0.15, 0.2) is 41.0 Å². The van der Waals surface area contributed by atoms with E-state index in [1.54, 1.807) is 6.20 Å². The number of esters is 1. The molecule has 0 spiro atoms. The standard InChI is InChI=1S/C22H28N2O2/c1-14(2)26-21(25)18-13-24-19(11-22(4,5)6)17(12-23)20(18)16-9-7-15(3)8-10-16/h7-10,13-14,17,20H,11H2,1-6H3. The normalized spacial score (nSPS) is 20.2. The van der Waals surface area contributed by atoms with Crippen LogP contribution in [0.1, 0.15) is 58.1 Å². The molecule has 1 aliphatic heterocycles. The molecule has 4 nitrogen and oxygen atoms in total. The van der Waals surface area contributed by atoms with E-state index in [4.69, 9.17) is 4.74 Å². The van der Waals surface area contributed by atoms with Gasteiger partial charge >= 0.3 is 5.97 Å². The van der Waals surface area contributed by atoms with Crippen molar-refractivity contribution in [1.82, 2.24) is 0 Å². The maximum atomic E-state index is 12.6. The van der Waals surface area contributed by atoms with Crippen LogP contribution in [-0.2, 0) is 9.53 Å². The average molecular weight is 352 g/mol. The highest BCUT2D eigenvalue weighted by atomic mass is 16.5. The molecule has 2 unspecified atom stereocenters. The van der Waals surface area contributed by atoms with E-state index < -0.39 is 11.9 Å². The molecule has 0 aliphatic carbocycles. The molecule has 138 valence electrons. The molecule has 0 aromatic heterocycles. The van der Waals surface area contributed by atoms with Gasteiger partial charge in [-0.3, -0.25) is 4.99 Å². The van der Waals surface area contributed by atoms with E-state index in [0.29, 0.717) is 12.0 Å². The van der Waals surface area contributed by atoms with Crippen LogP contribution in [0.3, 0.4) is 0 Å². The molecule has 0 bridgehead atoms. The van der Waals surface area contributed by atoms with E-state index in [-0.39, 0.29) is 17.4 Å². The van der Waals surface area contributed by atoms with Crippen LogP contribution < -0.4 is 0 Å². The van der Waals surface area contributed by atoms with Crippen molar-refractivity contribution in [3.8, 4) is 6.07 Å². The van der Waals surface area contributed by atoms with Gasteiger partial charge in [0.15, 0.2) is 0 Å². The first kappa shape index (κ1) is 19.9. The predicted molar refractivity (Wildman–Crippen MR) is 104 cm³/mol. The predicted octanol–water partition coefficient (Wildman–Crippen LogP) is 4.94. The Labute approximate surface area is 156 Å². The summed E-state index contributed by atoms with van der Waals surface area (Å²) in [5.74, 6) is -1.23. The lowest BCUT2D eigenvalue weighted by molar-refractivity contribution is -0.143. The lowest BCUT2D eigenvalue weighted by Crippen LogP contribution is -2.32. The Bertz CT molecular complexity index is 759. The van der Waals surface area contributed by atoms with Gasteiger partial charge in [0, 0.05) is 17.8 Å². The monoisotopic (exact) mass is 352 g/mol. The third-order valence-electron chi connectivity index (χ3n) is 4.26. The minimum Gasteiger partial charge on any atom is -0.460 e. The van der Waals surface area contributed by atoms with Crippen molar-refractivity contribution < 1.29 is 9.53 Å². The Balaban J connectivity index is 2.51. The topological polar surface area (TPSA) is 62.4 Å². The van der Waals surface area contributed by atoms with Crippen molar-refractivity contribution in [1.29, 1.82) is 5.26 Å². The zero-order valence-electron chi connectivity index (χ0n) is 16.5. The minimum absolute atomic E-state index is 0.00947. The van der Waals surface area contributed by atoms with Crippen LogP contribution in [0.5, 0.6) is 0 Å². The molecule has 0 amide bonds. The summed E-state index contributed by atoms with van der Waals surface area (Å²) in [6, 6.07) is 10.4. The fraction of sp³-hybridized carbons (Fsp3) is 0.500. The largest absolute Gasteiger partial charge is 0.460 e. The van der Waals surface area contributed by atoms with Crippen molar-refractivity contribution in [2.45, 2.75) is 60.0 Å². The van der Waals surface area contributed by atoms with Gasteiger partial charge in [-0.25, -0.2) is 4.79 Å². The van der Waals surface area contributed by atoms with E-state index in [9.17, 15) is 10.1 Å². The molecule has 0 N–H and O–H groups in total. The van der Waals surface area contributed by atoms with Crippen LogP contribution in [-0.4, -0.2) is 17.8 Å². The zero-order valence-corrected chi connectivity index (χ0v) is 16.5. The van der Waals surface area contributed by atoms with Gasteiger partial charge in [-0.1, -0.05) is 50.6 Å². The molecule has 1 aliphatic rings. The van der Waals surface area contributed by atoms with Crippen LogP contribution in [0.2, 0.25) is 0 Å². The van der Waals surface area contributed by atoms with Gasteiger partial charge in [0.05, 0.1) is 23.7 Å². The Morgan fingerprint density at radius 3 is 2.38 bits per heavy atom. The van der Waals surface area contributed by atoms with Crippen molar-refractivity contribution >= 4 is 11.7 Å². The number of rotatable bonds is 4. The summed E-state index contributed by atoms with van der Waals surface area (Å²) in [5, 5.41) is 9.92. The number of nitrogens with zero attached hydrogens (tertiary/aromatic N) is 2. The van der Waals surface area contributed by atoms with Crippen molar-refractivity contribution in [3.05, 3.63) is 47.2 Å². The number of aliphatic imine (C=N–C) groups is 1. The number of hydrogen-bond acceptors (Lipinski definition) is 4. The molecule has 0 fully saturated rings. The van der Waals surface area contributed by atoms with E-state index in [1.807, 2.05) is 45.0 Å². The third kappa shape index (κ3) is 4.82. The second-order valence-electron chi connectivity index (χ2n) is 8.39. The molecule has 0 saturated carbocycles. The molecule has 1 aromatic carbocycles. The number of carbonyl (C=O) groups is 1. The third-order valence-corrected chi connectivity index (χ3v) is 4.26. The molecule has 1 heterocycles. The van der Waals surface area contributed by atoms with Gasteiger partial charge < -0.3 is 4.74 Å².